The zero-order chi connectivity index (χ0) is 13.8. The summed E-state index contributed by atoms with van der Waals surface area (Å²) in [5, 5.41) is 10.9. The summed E-state index contributed by atoms with van der Waals surface area (Å²) in [4.78, 5) is 0. The molecule has 0 fully saturated rings. The normalized spacial score (nSPS) is 10.2. The molecule has 3 heteroatoms. The zero-order valence-electron chi connectivity index (χ0n) is 11.5. The third kappa shape index (κ3) is 2.48. The number of benzene rings is 2. The van der Waals surface area contributed by atoms with E-state index in [4.69, 9.17) is 14.7 Å². The van der Waals surface area contributed by atoms with Crippen LogP contribution in [-0.2, 0) is 6.42 Å². The Hall–Kier alpha value is -2.21. The van der Waals surface area contributed by atoms with Gasteiger partial charge in [0, 0.05) is 11.8 Å². The molecule has 0 saturated heterocycles. The molecule has 2 aromatic carbocycles. The first kappa shape index (κ1) is 13.2. The standard InChI is InChI=1S/C16H17NO2/c1-11-6-7-12-10-15(18-2)13(5-4-8-17)9-14(12)16(11)19-3/h6-7,9-10H,4-5H2,1-3H3. The van der Waals surface area contributed by atoms with Crippen LogP contribution in [0.3, 0.4) is 0 Å². The predicted molar refractivity (Wildman–Crippen MR) is 75.7 cm³/mol. The third-order valence-corrected chi connectivity index (χ3v) is 3.28. The van der Waals surface area contributed by atoms with Crippen molar-refractivity contribution in [2.24, 2.45) is 0 Å². The molecule has 0 radical (unpaired) electrons. The van der Waals surface area contributed by atoms with Crippen molar-refractivity contribution in [1.82, 2.24) is 0 Å². The van der Waals surface area contributed by atoms with Gasteiger partial charge in [0.2, 0.25) is 0 Å². The van der Waals surface area contributed by atoms with E-state index in [-0.39, 0.29) is 0 Å². The summed E-state index contributed by atoms with van der Waals surface area (Å²) in [5.41, 5.74) is 2.15. The molecular weight excluding hydrogens is 238 g/mol. The molecule has 0 amide bonds. The van der Waals surface area contributed by atoms with E-state index in [0.29, 0.717) is 12.8 Å². The lowest BCUT2D eigenvalue weighted by Crippen LogP contribution is -1.95. The number of hydrogen-bond acceptors (Lipinski definition) is 3. The maximum atomic E-state index is 8.73. The molecule has 0 aliphatic carbocycles. The molecule has 0 N–H and O–H groups in total. The molecule has 98 valence electrons. The van der Waals surface area contributed by atoms with E-state index in [9.17, 15) is 0 Å². The fraction of sp³-hybridized carbons (Fsp3) is 0.312. The van der Waals surface area contributed by atoms with Gasteiger partial charge in [-0.1, -0.05) is 12.1 Å². The highest BCUT2D eigenvalue weighted by Crippen LogP contribution is 2.34. The monoisotopic (exact) mass is 255 g/mol. The van der Waals surface area contributed by atoms with Crippen molar-refractivity contribution >= 4 is 10.8 Å². The van der Waals surface area contributed by atoms with Gasteiger partial charge < -0.3 is 9.47 Å². The molecule has 3 nitrogen and oxygen atoms in total. The summed E-state index contributed by atoms with van der Waals surface area (Å²) in [6.45, 7) is 2.03. The van der Waals surface area contributed by atoms with Crippen LogP contribution in [-0.4, -0.2) is 14.2 Å². The molecule has 2 rings (SSSR count). The fourth-order valence-corrected chi connectivity index (χ4v) is 2.32. The minimum atomic E-state index is 0.482. The topological polar surface area (TPSA) is 42.2 Å². The second kappa shape index (κ2) is 5.62. The van der Waals surface area contributed by atoms with Crippen LogP contribution in [0.15, 0.2) is 24.3 Å². The van der Waals surface area contributed by atoms with Gasteiger partial charge in [-0.15, -0.1) is 0 Å². The molecule has 0 unspecified atom stereocenters. The molecule has 0 heterocycles. The van der Waals surface area contributed by atoms with E-state index >= 15 is 0 Å². The summed E-state index contributed by atoms with van der Waals surface area (Å²) >= 11 is 0. The van der Waals surface area contributed by atoms with Crippen molar-refractivity contribution < 1.29 is 9.47 Å². The number of ether oxygens (including phenoxy) is 2. The average molecular weight is 255 g/mol. The van der Waals surface area contributed by atoms with Gasteiger partial charge in [0.1, 0.15) is 11.5 Å². The smallest absolute Gasteiger partial charge is 0.129 e. The first-order valence-corrected chi connectivity index (χ1v) is 6.22. The summed E-state index contributed by atoms with van der Waals surface area (Å²) in [6, 6.07) is 10.3. The van der Waals surface area contributed by atoms with Gasteiger partial charge in [0.05, 0.1) is 20.3 Å². The number of methoxy groups -OCH3 is 2. The number of hydrogen-bond donors (Lipinski definition) is 0. The van der Waals surface area contributed by atoms with Crippen molar-refractivity contribution in [3.05, 3.63) is 35.4 Å². The third-order valence-electron chi connectivity index (χ3n) is 3.28. The Morgan fingerprint density at radius 2 is 1.95 bits per heavy atom. The Balaban J connectivity index is 2.65. The summed E-state index contributed by atoms with van der Waals surface area (Å²) in [7, 11) is 3.34. The molecule has 0 aliphatic heterocycles. The van der Waals surface area contributed by atoms with E-state index in [0.717, 1.165) is 33.4 Å². The van der Waals surface area contributed by atoms with Gasteiger partial charge in [-0.05, 0) is 42.0 Å². The molecule has 2 aromatic rings. The van der Waals surface area contributed by atoms with Crippen molar-refractivity contribution in [2.75, 3.05) is 14.2 Å². The van der Waals surface area contributed by atoms with E-state index < -0.39 is 0 Å². The highest BCUT2D eigenvalue weighted by Gasteiger charge is 2.10. The summed E-state index contributed by atoms with van der Waals surface area (Å²) in [5.74, 6) is 1.71. The second-order valence-corrected chi connectivity index (χ2v) is 4.46. The van der Waals surface area contributed by atoms with E-state index in [1.165, 1.54) is 0 Å². The van der Waals surface area contributed by atoms with Crippen LogP contribution in [0.1, 0.15) is 17.5 Å². The fourth-order valence-electron chi connectivity index (χ4n) is 2.32. The van der Waals surface area contributed by atoms with Gasteiger partial charge in [0.15, 0.2) is 0 Å². The van der Waals surface area contributed by atoms with Crippen LogP contribution in [0.5, 0.6) is 11.5 Å². The highest BCUT2D eigenvalue weighted by molar-refractivity contribution is 5.91. The van der Waals surface area contributed by atoms with Crippen molar-refractivity contribution in [2.45, 2.75) is 19.8 Å². The number of fused-ring (bicyclic) bond motifs is 1. The molecule has 19 heavy (non-hydrogen) atoms. The molecule has 0 aliphatic rings. The van der Waals surface area contributed by atoms with Gasteiger partial charge in [-0.3, -0.25) is 0 Å². The van der Waals surface area contributed by atoms with Crippen LogP contribution in [0.4, 0.5) is 0 Å². The van der Waals surface area contributed by atoms with Crippen molar-refractivity contribution in [3.63, 3.8) is 0 Å². The Morgan fingerprint density at radius 3 is 2.58 bits per heavy atom. The number of rotatable bonds is 4. The first-order valence-electron chi connectivity index (χ1n) is 6.22. The second-order valence-electron chi connectivity index (χ2n) is 4.46. The maximum absolute atomic E-state index is 8.73. The van der Waals surface area contributed by atoms with Crippen LogP contribution >= 0.6 is 0 Å². The lowest BCUT2D eigenvalue weighted by Gasteiger charge is -2.13. The summed E-state index contributed by atoms with van der Waals surface area (Å²) < 4.78 is 10.9. The minimum absolute atomic E-state index is 0.482. The van der Waals surface area contributed by atoms with E-state index in [1.807, 2.05) is 19.1 Å². The lowest BCUT2D eigenvalue weighted by atomic mass is 10.00. The van der Waals surface area contributed by atoms with Crippen molar-refractivity contribution in [3.8, 4) is 17.6 Å². The van der Waals surface area contributed by atoms with Gasteiger partial charge in [-0.2, -0.15) is 5.26 Å². The molecule has 0 bridgehead atoms. The van der Waals surface area contributed by atoms with Gasteiger partial charge >= 0.3 is 0 Å². The van der Waals surface area contributed by atoms with Crippen LogP contribution in [0.25, 0.3) is 10.8 Å². The Labute approximate surface area is 113 Å². The van der Waals surface area contributed by atoms with E-state index in [2.05, 4.69) is 18.2 Å². The molecule has 0 aromatic heterocycles. The van der Waals surface area contributed by atoms with E-state index in [1.54, 1.807) is 14.2 Å². The summed E-state index contributed by atoms with van der Waals surface area (Å²) in [6.07, 6.45) is 1.17. The highest BCUT2D eigenvalue weighted by atomic mass is 16.5. The first-order chi connectivity index (χ1) is 9.21. The molecule has 0 spiro atoms. The molecule has 0 saturated carbocycles. The number of aryl methyl sites for hydroxylation is 2. The van der Waals surface area contributed by atoms with Crippen LogP contribution in [0.2, 0.25) is 0 Å². The molecule has 0 atom stereocenters. The predicted octanol–water partition coefficient (Wildman–Crippen LogP) is 3.62. The van der Waals surface area contributed by atoms with Crippen LogP contribution in [0, 0.1) is 18.3 Å². The van der Waals surface area contributed by atoms with Gasteiger partial charge in [0.25, 0.3) is 0 Å². The number of nitriles is 1. The number of nitrogens with zero attached hydrogens (tertiary/aromatic N) is 1. The largest absolute Gasteiger partial charge is 0.496 e. The SMILES string of the molecule is COc1cc2ccc(C)c(OC)c2cc1CCC#N. The zero-order valence-corrected chi connectivity index (χ0v) is 11.5. The minimum Gasteiger partial charge on any atom is -0.496 e. The van der Waals surface area contributed by atoms with Gasteiger partial charge in [-0.25, -0.2) is 0 Å². The Bertz CT molecular complexity index is 641. The Morgan fingerprint density at radius 1 is 1.16 bits per heavy atom. The maximum Gasteiger partial charge on any atom is 0.129 e. The average Bonchev–Trinajstić information content (AvgIpc) is 2.44. The quantitative estimate of drug-likeness (QED) is 0.838. The Kier molecular flexibility index (Phi) is 3.91. The molecular formula is C16H17NO2. The lowest BCUT2D eigenvalue weighted by molar-refractivity contribution is 0.409. The van der Waals surface area contributed by atoms with Crippen LogP contribution < -0.4 is 9.47 Å². The van der Waals surface area contributed by atoms with Crippen molar-refractivity contribution in [1.29, 1.82) is 5.26 Å².